The molecule has 25 heavy (non-hydrogen) atoms. The van der Waals surface area contributed by atoms with Crippen LogP contribution < -0.4 is 5.73 Å². The zero-order chi connectivity index (χ0) is 17.4. The van der Waals surface area contributed by atoms with E-state index in [-0.39, 0.29) is 5.89 Å². The third-order valence-corrected chi connectivity index (χ3v) is 3.93. The summed E-state index contributed by atoms with van der Waals surface area (Å²) in [6.07, 6.45) is 0. The predicted molar refractivity (Wildman–Crippen MR) is 94.2 cm³/mol. The fourth-order valence-corrected chi connectivity index (χ4v) is 2.55. The molecule has 0 fully saturated rings. The fourth-order valence-electron chi connectivity index (χ4n) is 2.43. The van der Waals surface area contributed by atoms with Crippen LogP contribution in [0.4, 0.5) is 5.82 Å². The molecule has 0 atom stereocenters. The van der Waals surface area contributed by atoms with Gasteiger partial charge in [0.1, 0.15) is 0 Å². The number of aromatic nitrogens is 5. The Bertz CT molecular complexity index is 1040. The Morgan fingerprint density at radius 2 is 1.92 bits per heavy atom. The first-order valence-electron chi connectivity index (χ1n) is 7.50. The summed E-state index contributed by atoms with van der Waals surface area (Å²) in [6, 6.07) is 14.9. The topological polar surface area (TPSA) is 95.6 Å². The molecule has 0 bridgehead atoms. The molecule has 0 aliphatic rings. The maximum Gasteiger partial charge on any atom is 0.282 e. The molecule has 0 saturated carbocycles. The van der Waals surface area contributed by atoms with E-state index in [2.05, 4.69) is 20.5 Å². The summed E-state index contributed by atoms with van der Waals surface area (Å²) in [5, 5.41) is 12.8. The maximum absolute atomic E-state index is 6.18. The summed E-state index contributed by atoms with van der Waals surface area (Å²) >= 11 is 5.89. The standard InChI is InChI=1S/C17H13ClN6O/c1-10-3-2-4-13(9-10)24-15(19)14(21-23-24)17-20-16(22-25-17)11-5-7-12(18)8-6-11/h2-9H,19H2,1H3. The predicted octanol–water partition coefficient (Wildman–Crippen LogP) is 3.53. The second-order valence-electron chi connectivity index (χ2n) is 5.50. The van der Waals surface area contributed by atoms with Crippen LogP contribution in [-0.2, 0) is 0 Å². The first-order chi connectivity index (χ1) is 12.1. The summed E-state index contributed by atoms with van der Waals surface area (Å²) in [7, 11) is 0. The first kappa shape index (κ1) is 15.3. The highest BCUT2D eigenvalue weighted by molar-refractivity contribution is 6.30. The number of nitrogens with two attached hydrogens (primary N) is 1. The number of aryl methyl sites for hydroxylation is 1. The van der Waals surface area contributed by atoms with Gasteiger partial charge in [-0.05, 0) is 48.9 Å². The van der Waals surface area contributed by atoms with Crippen LogP contribution in [0.5, 0.6) is 0 Å². The van der Waals surface area contributed by atoms with Crippen LogP contribution >= 0.6 is 11.6 Å². The van der Waals surface area contributed by atoms with Gasteiger partial charge in [-0.15, -0.1) is 5.10 Å². The second-order valence-corrected chi connectivity index (χ2v) is 5.94. The minimum atomic E-state index is 0.210. The van der Waals surface area contributed by atoms with Gasteiger partial charge in [0.05, 0.1) is 5.69 Å². The van der Waals surface area contributed by atoms with E-state index in [4.69, 9.17) is 21.9 Å². The van der Waals surface area contributed by atoms with Crippen molar-refractivity contribution < 1.29 is 4.52 Å². The molecule has 0 unspecified atom stereocenters. The molecular weight excluding hydrogens is 340 g/mol. The van der Waals surface area contributed by atoms with E-state index in [1.165, 1.54) is 4.68 Å². The van der Waals surface area contributed by atoms with Crippen molar-refractivity contribution in [2.75, 3.05) is 5.73 Å². The molecule has 124 valence electrons. The van der Waals surface area contributed by atoms with Crippen molar-refractivity contribution in [1.82, 2.24) is 25.1 Å². The molecule has 2 aromatic carbocycles. The zero-order valence-corrected chi connectivity index (χ0v) is 14.0. The molecule has 0 spiro atoms. The monoisotopic (exact) mass is 352 g/mol. The molecule has 0 saturated heterocycles. The summed E-state index contributed by atoms with van der Waals surface area (Å²) in [5.41, 5.74) is 9.21. The minimum absolute atomic E-state index is 0.210. The molecule has 0 aliphatic heterocycles. The van der Waals surface area contributed by atoms with E-state index in [0.29, 0.717) is 22.4 Å². The number of halogens is 1. The number of nitrogen functional groups attached to an aromatic ring is 1. The molecule has 0 radical (unpaired) electrons. The highest BCUT2D eigenvalue weighted by Gasteiger charge is 2.19. The van der Waals surface area contributed by atoms with Gasteiger partial charge in [0.25, 0.3) is 5.89 Å². The second kappa shape index (κ2) is 6.03. The molecular formula is C17H13ClN6O. The van der Waals surface area contributed by atoms with Crippen LogP contribution in [-0.4, -0.2) is 25.1 Å². The van der Waals surface area contributed by atoms with Gasteiger partial charge in [-0.1, -0.05) is 34.1 Å². The van der Waals surface area contributed by atoms with Gasteiger partial charge in [0.15, 0.2) is 11.5 Å². The van der Waals surface area contributed by atoms with Crippen LogP contribution in [0.15, 0.2) is 53.1 Å². The molecule has 4 aromatic rings. The third-order valence-electron chi connectivity index (χ3n) is 3.68. The number of nitrogens with zero attached hydrogens (tertiary/aromatic N) is 5. The molecule has 2 N–H and O–H groups in total. The van der Waals surface area contributed by atoms with Gasteiger partial charge < -0.3 is 10.3 Å². The number of hydrogen-bond donors (Lipinski definition) is 1. The third kappa shape index (κ3) is 2.85. The molecule has 7 nitrogen and oxygen atoms in total. The van der Waals surface area contributed by atoms with E-state index < -0.39 is 0 Å². The smallest absolute Gasteiger partial charge is 0.282 e. The van der Waals surface area contributed by atoms with Gasteiger partial charge in [0.2, 0.25) is 5.82 Å². The molecule has 2 aromatic heterocycles. The Balaban J connectivity index is 1.71. The molecule has 2 heterocycles. The van der Waals surface area contributed by atoms with Crippen molar-refractivity contribution in [1.29, 1.82) is 0 Å². The average molecular weight is 353 g/mol. The maximum atomic E-state index is 6.18. The normalized spacial score (nSPS) is 11.0. The summed E-state index contributed by atoms with van der Waals surface area (Å²) in [4.78, 5) is 4.35. The summed E-state index contributed by atoms with van der Waals surface area (Å²) in [6.45, 7) is 1.99. The van der Waals surface area contributed by atoms with Crippen LogP contribution in [0.3, 0.4) is 0 Å². The van der Waals surface area contributed by atoms with Gasteiger partial charge in [-0.25, -0.2) is 0 Å². The van der Waals surface area contributed by atoms with Gasteiger partial charge in [-0.3, -0.25) is 0 Å². The lowest BCUT2D eigenvalue weighted by molar-refractivity contribution is 0.431. The number of benzene rings is 2. The zero-order valence-electron chi connectivity index (χ0n) is 13.2. The van der Waals surface area contributed by atoms with E-state index in [1.807, 2.05) is 43.3 Å². The highest BCUT2D eigenvalue weighted by atomic mass is 35.5. The Hall–Kier alpha value is -3.19. The Morgan fingerprint density at radius 1 is 1.12 bits per heavy atom. The fraction of sp³-hybridized carbons (Fsp3) is 0.0588. The van der Waals surface area contributed by atoms with Crippen molar-refractivity contribution in [3.05, 3.63) is 59.1 Å². The van der Waals surface area contributed by atoms with Gasteiger partial charge >= 0.3 is 0 Å². The Kier molecular flexibility index (Phi) is 3.70. The first-order valence-corrected chi connectivity index (χ1v) is 7.88. The van der Waals surface area contributed by atoms with Crippen molar-refractivity contribution in [3.63, 3.8) is 0 Å². The summed E-state index contributed by atoms with van der Waals surface area (Å²) in [5.74, 6) is 0.967. The van der Waals surface area contributed by atoms with Crippen LogP contribution in [0, 0.1) is 6.92 Å². The number of anilines is 1. The van der Waals surface area contributed by atoms with E-state index in [0.717, 1.165) is 16.8 Å². The SMILES string of the molecule is Cc1cccc(-n2nnc(-c3nc(-c4ccc(Cl)cc4)no3)c2N)c1. The lowest BCUT2D eigenvalue weighted by Gasteiger charge is -2.03. The minimum Gasteiger partial charge on any atom is -0.382 e. The average Bonchev–Trinajstić information content (AvgIpc) is 3.22. The molecule has 8 heteroatoms. The van der Waals surface area contributed by atoms with Crippen LogP contribution in [0.25, 0.3) is 28.7 Å². The van der Waals surface area contributed by atoms with E-state index in [1.54, 1.807) is 12.1 Å². The van der Waals surface area contributed by atoms with E-state index >= 15 is 0 Å². The quantitative estimate of drug-likeness (QED) is 0.606. The van der Waals surface area contributed by atoms with Crippen molar-refractivity contribution in [2.24, 2.45) is 0 Å². The molecule has 0 amide bonds. The molecule has 0 aliphatic carbocycles. The van der Waals surface area contributed by atoms with Crippen LogP contribution in [0.2, 0.25) is 5.02 Å². The van der Waals surface area contributed by atoms with Crippen LogP contribution in [0.1, 0.15) is 5.56 Å². The Morgan fingerprint density at radius 3 is 2.68 bits per heavy atom. The highest BCUT2D eigenvalue weighted by Crippen LogP contribution is 2.27. The van der Waals surface area contributed by atoms with Crippen molar-refractivity contribution in [3.8, 4) is 28.7 Å². The largest absolute Gasteiger partial charge is 0.382 e. The lowest BCUT2D eigenvalue weighted by atomic mass is 10.2. The van der Waals surface area contributed by atoms with Crippen molar-refractivity contribution >= 4 is 17.4 Å². The lowest BCUT2D eigenvalue weighted by Crippen LogP contribution is -2.02. The number of rotatable bonds is 3. The molecule has 4 rings (SSSR count). The summed E-state index contributed by atoms with van der Waals surface area (Å²) < 4.78 is 6.84. The van der Waals surface area contributed by atoms with Crippen molar-refractivity contribution in [2.45, 2.75) is 6.92 Å². The number of hydrogen-bond acceptors (Lipinski definition) is 6. The van der Waals surface area contributed by atoms with Gasteiger partial charge in [-0.2, -0.15) is 9.67 Å². The Labute approximate surface area is 148 Å². The van der Waals surface area contributed by atoms with E-state index in [9.17, 15) is 0 Å². The van der Waals surface area contributed by atoms with Gasteiger partial charge in [0, 0.05) is 10.6 Å².